The Morgan fingerprint density at radius 1 is 0.383 bits per heavy atom. The van der Waals surface area contributed by atoms with Gasteiger partial charge in [0.1, 0.15) is 94.1 Å². The minimum absolute atomic E-state index is 0.0632. The van der Waals surface area contributed by atoms with Crippen LogP contribution in [0.2, 0.25) is 15.1 Å². The summed E-state index contributed by atoms with van der Waals surface area (Å²) in [5.74, 6) is 5.33. The van der Waals surface area contributed by atoms with Gasteiger partial charge < -0.3 is 71.2 Å². The molecule has 0 radical (unpaired) electrons. The molecule has 18 aromatic rings. The van der Waals surface area contributed by atoms with Crippen molar-refractivity contribution >= 4 is 124 Å². The fraction of sp³-hybridized carbons (Fsp3) is 0.234. The predicted molar refractivity (Wildman–Crippen MR) is 512 cm³/mol. The predicted octanol–water partition coefficient (Wildman–Crippen LogP) is 17.7. The number of aromatic nitrogens is 20. The number of para-hydroxylation sites is 2. The van der Waals surface area contributed by atoms with E-state index in [4.69, 9.17) is 75.6 Å². The van der Waals surface area contributed by atoms with Crippen LogP contribution in [-0.4, -0.2) is 98.8 Å². The molecule has 12 N–H and O–H groups in total. The number of anilines is 8. The fourth-order valence-electron chi connectivity index (χ4n) is 16.2. The van der Waals surface area contributed by atoms with Crippen molar-refractivity contribution < 1.29 is 17.9 Å². The Morgan fingerprint density at radius 3 is 1.08 bits per heavy atom. The maximum atomic E-state index is 13.8. The summed E-state index contributed by atoms with van der Waals surface area (Å²) in [6.07, 6.45) is 11.5. The zero-order valence-corrected chi connectivity index (χ0v) is 75.7. The highest BCUT2D eigenvalue weighted by molar-refractivity contribution is 6.36. The minimum Gasteiger partial charge on any atom is -0.421 e. The SMILES string of the molecule is CC[C@H](Nc1ncnc(N)c1-c1nc(C)no1)c1cc2cccc(Cl)c2c(=O)n1C1CC1.CC[C@H](Nc1ncnc(N)c1-c1nnc(C)o1)c1cc2cccc(C)c2c(=O)n1C1CC1.CC[C@H](Nc1ncnc(N)c1-c1nnc(C)o1)c1cc2cccc(Cl)c2c(=O)n1-c1ccccc1.Cc1noc(-c2c(N)ncnc2N[C@@H](C)c2cc3cccc(Cl)c3c(=O)n2-c2ccccc2)n1. The molecule has 4 atom stereocenters. The van der Waals surface area contributed by atoms with E-state index in [2.05, 4.69) is 115 Å². The molecule has 2 aliphatic carbocycles. The first-order chi connectivity index (χ1) is 64.4. The van der Waals surface area contributed by atoms with Crippen LogP contribution in [0.1, 0.15) is 161 Å². The highest BCUT2D eigenvalue weighted by Crippen LogP contribution is 2.44. The lowest BCUT2D eigenvalue weighted by Crippen LogP contribution is -2.27. The molecule has 0 aliphatic heterocycles. The van der Waals surface area contributed by atoms with E-state index in [-0.39, 0.29) is 105 Å². The van der Waals surface area contributed by atoms with E-state index in [9.17, 15) is 19.2 Å². The molecule has 39 heteroatoms. The van der Waals surface area contributed by atoms with Gasteiger partial charge in [-0.1, -0.05) is 157 Å². The van der Waals surface area contributed by atoms with Crippen LogP contribution >= 0.6 is 34.8 Å². The molecule has 0 bridgehead atoms. The van der Waals surface area contributed by atoms with Crippen LogP contribution in [0.25, 0.3) is 100 Å². The Hall–Kier alpha value is -15.7. The van der Waals surface area contributed by atoms with Crippen molar-refractivity contribution in [1.82, 2.24) is 98.8 Å². The summed E-state index contributed by atoms with van der Waals surface area (Å²) < 4.78 is 29.0. The van der Waals surface area contributed by atoms with Crippen LogP contribution in [0.5, 0.6) is 0 Å². The van der Waals surface area contributed by atoms with Gasteiger partial charge in [-0.05, 0) is 166 Å². The molecular formula is C94H89Cl3N28O8. The Morgan fingerprint density at radius 2 is 0.714 bits per heavy atom. The van der Waals surface area contributed by atoms with Crippen LogP contribution in [0.3, 0.4) is 0 Å². The molecule has 2 fully saturated rings. The third kappa shape index (κ3) is 18.3. The van der Waals surface area contributed by atoms with Crippen molar-refractivity contribution in [2.75, 3.05) is 44.2 Å². The second kappa shape index (κ2) is 38.2. The number of rotatable bonds is 23. The van der Waals surface area contributed by atoms with Crippen LogP contribution in [0.4, 0.5) is 46.5 Å². The zero-order chi connectivity index (χ0) is 93.2. The van der Waals surface area contributed by atoms with Crippen molar-refractivity contribution in [3.05, 3.63) is 291 Å². The largest absolute Gasteiger partial charge is 0.421 e. The smallest absolute Gasteiger partial charge is 0.265 e. The maximum absolute atomic E-state index is 13.8. The lowest BCUT2D eigenvalue weighted by molar-refractivity contribution is 0.425. The lowest BCUT2D eigenvalue weighted by Gasteiger charge is -2.24. The number of nitrogens with one attached hydrogen (secondary N) is 4. The van der Waals surface area contributed by atoms with Crippen molar-refractivity contribution in [3.63, 3.8) is 0 Å². The molecule has 36 nitrogen and oxygen atoms in total. The molecule has 12 aromatic heterocycles. The van der Waals surface area contributed by atoms with E-state index in [0.717, 1.165) is 87.4 Å². The molecule has 0 saturated heterocycles. The quantitative estimate of drug-likeness (QED) is 0.0295. The topological polar surface area (TPSA) is 499 Å². The molecule has 2 saturated carbocycles. The number of nitrogens with two attached hydrogens (primary N) is 4. The van der Waals surface area contributed by atoms with Gasteiger partial charge in [-0.3, -0.25) is 28.3 Å². The average Bonchev–Trinajstić information content (AvgIpc) is 1.66. The summed E-state index contributed by atoms with van der Waals surface area (Å²) in [4.78, 5) is 96.8. The van der Waals surface area contributed by atoms with Gasteiger partial charge in [-0.2, -0.15) is 9.97 Å². The Labute approximate surface area is 772 Å². The second-order valence-electron chi connectivity index (χ2n) is 31.9. The summed E-state index contributed by atoms with van der Waals surface area (Å²) in [7, 11) is 0. The molecule has 0 amide bonds. The van der Waals surface area contributed by atoms with Gasteiger partial charge in [-0.15, -0.1) is 20.4 Å². The van der Waals surface area contributed by atoms with E-state index in [0.29, 0.717) is 124 Å². The number of benzene rings is 6. The molecule has 0 spiro atoms. The molecular weight excluding hydrogens is 1760 g/mol. The Balaban J connectivity index is 0.000000124. The number of nitrogen functional groups attached to an aromatic ring is 4. The van der Waals surface area contributed by atoms with Crippen molar-refractivity contribution in [2.24, 2.45) is 0 Å². The molecule has 2 aliphatic rings. The number of halogens is 3. The highest BCUT2D eigenvalue weighted by Gasteiger charge is 2.35. The van der Waals surface area contributed by atoms with Gasteiger partial charge in [0, 0.05) is 60.1 Å². The van der Waals surface area contributed by atoms with E-state index in [1.165, 1.54) is 25.3 Å². The monoisotopic (exact) mass is 1840 g/mol. The van der Waals surface area contributed by atoms with Gasteiger partial charge in [0.05, 0.1) is 60.8 Å². The molecule has 133 heavy (non-hydrogen) atoms. The van der Waals surface area contributed by atoms with Gasteiger partial charge >= 0.3 is 0 Å². The third-order valence-electron chi connectivity index (χ3n) is 22.8. The van der Waals surface area contributed by atoms with Gasteiger partial charge in [0.2, 0.25) is 11.8 Å². The summed E-state index contributed by atoms with van der Waals surface area (Å²) in [6, 6.07) is 48.5. The Bertz CT molecular complexity index is 7470. The first kappa shape index (κ1) is 89.3. The van der Waals surface area contributed by atoms with E-state index in [1.807, 2.05) is 170 Å². The fourth-order valence-corrected chi connectivity index (χ4v) is 17.0. The first-order valence-electron chi connectivity index (χ1n) is 42.8. The number of hydrogen-bond donors (Lipinski definition) is 8. The van der Waals surface area contributed by atoms with E-state index >= 15 is 0 Å². The van der Waals surface area contributed by atoms with E-state index < -0.39 is 0 Å². The normalized spacial score (nSPS) is 13.3. The number of aryl methyl sites for hydroxylation is 5. The maximum Gasteiger partial charge on any atom is 0.265 e. The van der Waals surface area contributed by atoms with Crippen molar-refractivity contribution in [2.45, 2.75) is 144 Å². The molecule has 6 aromatic carbocycles. The van der Waals surface area contributed by atoms with Crippen LogP contribution in [0.15, 0.2) is 220 Å². The summed E-state index contributed by atoms with van der Waals surface area (Å²) in [5, 5.41) is 44.1. The van der Waals surface area contributed by atoms with Crippen LogP contribution in [-0.2, 0) is 0 Å². The van der Waals surface area contributed by atoms with Crippen LogP contribution < -0.4 is 66.4 Å². The third-order valence-corrected chi connectivity index (χ3v) is 23.7. The van der Waals surface area contributed by atoms with E-state index in [1.54, 1.807) is 55.0 Å². The molecule has 0 unspecified atom stereocenters. The van der Waals surface area contributed by atoms with Crippen molar-refractivity contribution in [1.29, 1.82) is 0 Å². The second-order valence-corrected chi connectivity index (χ2v) is 33.1. The van der Waals surface area contributed by atoms with Crippen molar-refractivity contribution in [3.8, 4) is 57.2 Å². The van der Waals surface area contributed by atoms with Gasteiger partial charge in [0.25, 0.3) is 45.8 Å². The molecule has 674 valence electrons. The lowest BCUT2D eigenvalue weighted by atomic mass is 10.0. The number of fused-ring (bicyclic) bond motifs is 4. The summed E-state index contributed by atoms with van der Waals surface area (Å²) >= 11 is 19.2. The molecule has 12 heterocycles. The Kier molecular flexibility index (Phi) is 25.6. The number of hydrogen-bond acceptors (Lipinski definition) is 32. The number of nitrogens with zero attached hydrogens (tertiary/aromatic N) is 20. The standard InChI is InChI=1S/C25H22ClN7O2.C24H20ClN7O2.C23H25N7O2.C22H22ClN7O2/c1-3-18(30-23-21(22(27)28-13-29-23)24-32-31-14(2)35-24)19-12-15-8-7-11-17(26)20(15)25(34)33(19)16-9-5-4-6-10-16;1-13(29-22-20(21(26)27-12-28-22)23-30-14(2)31-34-23)18-11-15-7-6-10-17(25)19(15)24(33)32(18)16-8-4-3-5-9-16;1-4-16(27-21-19(20(24)25-11-26-21)22-29-28-13(3)32-22)17-10-14-7-5-6-12(2)18(14)23(31)30(17)15-8-9-15;1-3-15(28-20-18(19(24)25-10-26-20)21-27-11(2)29-32-21)16-9-12-5-4-6-14(23)17(12)22(31)30(16)13-7-8-13/h4-13,18H,3H2,1-2H3,(H3,27,28,29,30);3-13H,1-2H3,(H3,26,27,28,29);5-7,10-11,15-16H,4,8-9H2,1-3H3,(H3,24,25,26,27);4-6,9-10,13,15H,3,7-8H2,1-2H3,(H3,24,25,26,28)/t18-;13-;16-;15-/m0000/s1. The minimum atomic E-state index is -0.381. The average molecular weight is 1850 g/mol. The van der Waals surface area contributed by atoms with Gasteiger partial charge in [-0.25, -0.2) is 39.9 Å². The zero-order valence-electron chi connectivity index (χ0n) is 73.4. The summed E-state index contributed by atoms with van der Waals surface area (Å²) in [5.41, 5.74) is 31.5. The summed E-state index contributed by atoms with van der Waals surface area (Å²) in [6.45, 7) is 16.9. The molecule has 20 rings (SSSR count). The highest BCUT2D eigenvalue weighted by atomic mass is 35.5. The number of pyridine rings is 4. The first-order valence-corrected chi connectivity index (χ1v) is 44.0. The van der Waals surface area contributed by atoms with Gasteiger partial charge in [0.15, 0.2) is 11.6 Å². The van der Waals surface area contributed by atoms with Crippen LogP contribution in [0, 0.1) is 34.6 Å².